The molecule has 0 fully saturated rings. The van der Waals surface area contributed by atoms with Crippen LogP contribution in [0.1, 0.15) is 11.3 Å². The van der Waals surface area contributed by atoms with Crippen LogP contribution in [0.5, 0.6) is 17.4 Å². The first-order valence-corrected chi connectivity index (χ1v) is 8.16. The first-order chi connectivity index (χ1) is 13.9. The standard InChI is InChI=1S/C17H8ClF6N3O3/c18-9-5-4-7(6-8(9)16(19,20)21)30-12-13(17(22,23)24)26-14(27-15(12)29)10-2-1-3-11(28)25-10/h1-6H,(H,25,28)(H,26,27,29). The van der Waals surface area contributed by atoms with Gasteiger partial charge in [0.25, 0.3) is 5.56 Å². The fourth-order valence-corrected chi connectivity index (χ4v) is 2.55. The minimum absolute atomic E-state index is 0.282. The molecule has 0 saturated heterocycles. The molecule has 0 saturated carbocycles. The van der Waals surface area contributed by atoms with Crippen LogP contribution in [0.15, 0.2) is 41.2 Å². The van der Waals surface area contributed by atoms with E-state index in [2.05, 4.69) is 9.97 Å². The second-order valence-electron chi connectivity index (χ2n) is 5.71. The molecule has 13 heteroatoms. The summed E-state index contributed by atoms with van der Waals surface area (Å²) < 4.78 is 84.1. The summed E-state index contributed by atoms with van der Waals surface area (Å²) in [6.45, 7) is 0. The van der Waals surface area contributed by atoms with Gasteiger partial charge >= 0.3 is 12.4 Å². The summed E-state index contributed by atoms with van der Waals surface area (Å²) in [6.07, 6.45) is -10.1. The van der Waals surface area contributed by atoms with Crippen molar-refractivity contribution in [2.24, 2.45) is 0 Å². The van der Waals surface area contributed by atoms with Gasteiger partial charge in [0.15, 0.2) is 11.5 Å². The van der Waals surface area contributed by atoms with Crippen molar-refractivity contribution in [3.63, 3.8) is 0 Å². The quantitative estimate of drug-likeness (QED) is 0.546. The van der Waals surface area contributed by atoms with Gasteiger partial charge in [-0.3, -0.25) is 4.79 Å². The van der Waals surface area contributed by atoms with E-state index in [-0.39, 0.29) is 5.69 Å². The number of ether oxygens (including phenoxy) is 1. The molecule has 6 nitrogen and oxygen atoms in total. The number of nitrogens with one attached hydrogen (secondary N) is 1. The molecule has 0 aliphatic rings. The number of rotatable bonds is 3. The van der Waals surface area contributed by atoms with Gasteiger partial charge in [-0.1, -0.05) is 17.7 Å². The van der Waals surface area contributed by atoms with E-state index in [1.165, 1.54) is 12.1 Å². The van der Waals surface area contributed by atoms with E-state index in [9.17, 15) is 36.2 Å². The maximum atomic E-state index is 13.5. The van der Waals surface area contributed by atoms with Gasteiger partial charge in [-0.15, -0.1) is 0 Å². The van der Waals surface area contributed by atoms with E-state index >= 15 is 0 Å². The topological polar surface area (TPSA) is 88.1 Å². The van der Waals surface area contributed by atoms with E-state index in [0.29, 0.717) is 6.07 Å². The number of aromatic amines is 1. The molecule has 0 aliphatic carbocycles. The van der Waals surface area contributed by atoms with Crippen molar-refractivity contribution in [1.82, 2.24) is 15.0 Å². The largest absolute Gasteiger partial charge is 0.493 e. The highest BCUT2D eigenvalue weighted by molar-refractivity contribution is 6.31. The molecule has 158 valence electrons. The average Bonchev–Trinajstić information content (AvgIpc) is 2.62. The lowest BCUT2D eigenvalue weighted by Crippen LogP contribution is -2.21. The third kappa shape index (κ3) is 4.48. The molecule has 0 spiro atoms. The summed E-state index contributed by atoms with van der Waals surface area (Å²) in [5, 5.41) is 8.65. The zero-order valence-corrected chi connectivity index (χ0v) is 15.0. The highest BCUT2D eigenvalue weighted by Crippen LogP contribution is 2.39. The van der Waals surface area contributed by atoms with E-state index in [0.717, 1.165) is 18.2 Å². The molecule has 2 N–H and O–H groups in total. The van der Waals surface area contributed by atoms with Crippen molar-refractivity contribution in [1.29, 1.82) is 0 Å². The number of aromatic nitrogens is 3. The second-order valence-corrected chi connectivity index (χ2v) is 6.12. The van der Waals surface area contributed by atoms with E-state index < -0.39 is 57.4 Å². The first kappa shape index (κ1) is 21.4. The van der Waals surface area contributed by atoms with Gasteiger partial charge in [0.05, 0.1) is 10.6 Å². The number of alkyl halides is 6. The van der Waals surface area contributed by atoms with Crippen LogP contribution in [0.25, 0.3) is 11.5 Å². The summed E-state index contributed by atoms with van der Waals surface area (Å²) >= 11 is 5.46. The van der Waals surface area contributed by atoms with Gasteiger partial charge in [0.2, 0.25) is 11.6 Å². The molecule has 0 radical (unpaired) electrons. The van der Waals surface area contributed by atoms with Crippen molar-refractivity contribution in [2.75, 3.05) is 0 Å². The fraction of sp³-hybridized carbons (Fsp3) is 0.118. The number of hydrogen-bond acceptors (Lipinski definition) is 5. The maximum Gasteiger partial charge on any atom is 0.437 e. The van der Waals surface area contributed by atoms with Gasteiger partial charge < -0.3 is 14.8 Å². The molecule has 3 rings (SSSR count). The molecule has 3 aromatic rings. The van der Waals surface area contributed by atoms with Crippen molar-refractivity contribution < 1.29 is 36.2 Å². The molecule has 0 unspecified atom stereocenters. The lowest BCUT2D eigenvalue weighted by molar-refractivity contribution is -0.142. The van der Waals surface area contributed by atoms with E-state index in [1.807, 2.05) is 4.98 Å². The second kappa shape index (κ2) is 7.52. The number of nitrogens with zero attached hydrogens (tertiary/aromatic N) is 2. The molecule has 1 aromatic carbocycles. The van der Waals surface area contributed by atoms with Crippen LogP contribution < -0.4 is 10.3 Å². The van der Waals surface area contributed by atoms with Gasteiger partial charge in [-0.2, -0.15) is 26.3 Å². The van der Waals surface area contributed by atoms with E-state index in [1.54, 1.807) is 0 Å². The summed E-state index contributed by atoms with van der Waals surface area (Å²) in [6, 6.07) is 5.55. The lowest BCUT2D eigenvalue weighted by Gasteiger charge is -2.15. The zero-order chi connectivity index (χ0) is 22.3. The molecule has 30 heavy (non-hydrogen) atoms. The molecule has 2 aromatic heterocycles. The molecule has 0 aliphatic heterocycles. The van der Waals surface area contributed by atoms with Gasteiger partial charge in [0.1, 0.15) is 11.4 Å². The smallest absolute Gasteiger partial charge is 0.437 e. The summed E-state index contributed by atoms with van der Waals surface area (Å²) in [4.78, 5) is 21.1. The number of pyridine rings is 1. The lowest BCUT2D eigenvalue weighted by atomic mass is 10.2. The number of aromatic hydroxyl groups is 1. The van der Waals surface area contributed by atoms with Crippen molar-refractivity contribution >= 4 is 11.6 Å². The van der Waals surface area contributed by atoms with Crippen LogP contribution in [0.4, 0.5) is 26.3 Å². The van der Waals surface area contributed by atoms with Crippen LogP contribution in [0.2, 0.25) is 5.02 Å². The third-order valence-corrected chi connectivity index (χ3v) is 3.92. The number of H-pyrrole nitrogens is 1. The molecule has 0 bridgehead atoms. The van der Waals surface area contributed by atoms with Crippen molar-refractivity contribution in [3.8, 4) is 28.9 Å². The summed E-state index contributed by atoms with van der Waals surface area (Å²) in [7, 11) is 0. The van der Waals surface area contributed by atoms with Crippen LogP contribution in [-0.2, 0) is 12.4 Å². The van der Waals surface area contributed by atoms with Gasteiger partial charge in [0, 0.05) is 6.07 Å². The fourth-order valence-electron chi connectivity index (χ4n) is 2.33. The molecule has 0 amide bonds. The Morgan fingerprint density at radius 1 is 1.00 bits per heavy atom. The van der Waals surface area contributed by atoms with Crippen molar-refractivity contribution in [3.05, 3.63) is 63.0 Å². The Labute approximate surface area is 167 Å². The van der Waals surface area contributed by atoms with Crippen LogP contribution in [0, 0.1) is 0 Å². The summed E-state index contributed by atoms with van der Waals surface area (Å²) in [5.41, 5.74) is -4.87. The Morgan fingerprint density at radius 3 is 2.30 bits per heavy atom. The summed E-state index contributed by atoms with van der Waals surface area (Å²) in [5.74, 6) is -3.26. The minimum Gasteiger partial charge on any atom is -0.493 e. The zero-order valence-electron chi connectivity index (χ0n) is 14.3. The van der Waals surface area contributed by atoms with Crippen molar-refractivity contribution in [2.45, 2.75) is 12.4 Å². The van der Waals surface area contributed by atoms with Crippen LogP contribution in [0.3, 0.4) is 0 Å². The Morgan fingerprint density at radius 2 is 1.70 bits per heavy atom. The molecule has 2 heterocycles. The minimum atomic E-state index is -5.20. The third-order valence-electron chi connectivity index (χ3n) is 3.59. The van der Waals surface area contributed by atoms with Crippen LogP contribution >= 0.6 is 11.6 Å². The SMILES string of the molecule is O=c1[nH]c(-c2cccc(O)n2)nc(C(F)(F)F)c1Oc1ccc(Cl)c(C(F)(F)F)c1. The Bertz CT molecular complexity index is 1160. The monoisotopic (exact) mass is 451 g/mol. The van der Waals surface area contributed by atoms with E-state index in [4.69, 9.17) is 16.3 Å². The Hall–Kier alpha value is -3.28. The molecular formula is C17H8ClF6N3O3. The highest BCUT2D eigenvalue weighted by atomic mass is 35.5. The average molecular weight is 452 g/mol. The maximum absolute atomic E-state index is 13.5. The van der Waals surface area contributed by atoms with Gasteiger partial charge in [-0.25, -0.2) is 9.97 Å². The Kier molecular flexibility index (Phi) is 5.37. The normalized spacial score (nSPS) is 12.1. The predicted octanol–water partition coefficient (Wildman–Crippen LogP) is 5.02. The highest BCUT2D eigenvalue weighted by Gasteiger charge is 2.39. The number of halogens is 7. The Balaban J connectivity index is 2.13. The predicted molar refractivity (Wildman–Crippen MR) is 91.3 cm³/mol. The molecule has 0 atom stereocenters. The van der Waals surface area contributed by atoms with Crippen LogP contribution in [-0.4, -0.2) is 20.1 Å². The molecular weight excluding hydrogens is 444 g/mol. The number of benzene rings is 1. The first-order valence-electron chi connectivity index (χ1n) is 7.79. The van der Waals surface area contributed by atoms with Gasteiger partial charge in [-0.05, 0) is 24.3 Å². The number of hydrogen-bond donors (Lipinski definition) is 2.